The van der Waals surface area contributed by atoms with Crippen molar-refractivity contribution in [1.82, 2.24) is 9.97 Å². The highest BCUT2D eigenvalue weighted by molar-refractivity contribution is 6.30. The minimum atomic E-state index is -0.318. The Morgan fingerprint density at radius 3 is 2.36 bits per heavy atom. The summed E-state index contributed by atoms with van der Waals surface area (Å²) in [5.74, 6) is 0.107. The summed E-state index contributed by atoms with van der Waals surface area (Å²) in [7, 11) is 0. The molecule has 0 spiro atoms. The molecule has 1 aromatic heterocycles. The molecule has 2 aromatic carbocycles. The van der Waals surface area contributed by atoms with Crippen molar-refractivity contribution in [2.45, 2.75) is 13.3 Å². The minimum absolute atomic E-state index is 0.0234. The SMILES string of the molecule is CC(=O)c1ccc(NC(=O)c2cnc(NCCc3cccc(Cl)c3)nc2)cc1. The third kappa shape index (κ3) is 5.37. The predicted octanol–water partition coefficient (Wildman–Crippen LogP) is 4.24. The summed E-state index contributed by atoms with van der Waals surface area (Å²) in [6.45, 7) is 2.14. The maximum absolute atomic E-state index is 12.3. The first-order valence-corrected chi connectivity index (χ1v) is 9.12. The lowest BCUT2D eigenvalue weighted by Crippen LogP contribution is -2.14. The van der Waals surface area contributed by atoms with Gasteiger partial charge in [-0.3, -0.25) is 9.59 Å². The number of nitrogens with zero attached hydrogens (tertiary/aromatic N) is 2. The number of rotatable bonds is 7. The molecule has 7 heteroatoms. The van der Waals surface area contributed by atoms with Crippen LogP contribution < -0.4 is 10.6 Å². The number of carbonyl (C=O) groups excluding carboxylic acids is 2. The first kappa shape index (κ1) is 19.5. The van der Waals surface area contributed by atoms with Crippen LogP contribution in [0.25, 0.3) is 0 Å². The number of nitrogens with one attached hydrogen (secondary N) is 2. The minimum Gasteiger partial charge on any atom is -0.354 e. The quantitative estimate of drug-likeness (QED) is 0.585. The molecule has 0 saturated carbocycles. The Hall–Kier alpha value is -3.25. The molecule has 0 fully saturated rings. The number of carbonyl (C=O) groups is 2. The van der Waals surface area contributed by atoms with Gasteiger partial charge in [0.1, 0.15) is 0 Å². The van der Waals surface area contributed by atoms with Gasteiger partial charge in [0.05, 0.1) is 5.56 Å². The summed E-state index contributed by atoms with van der Waals surface area (Å²) in [4.78, 5) is 31.9. The fraction of sp³-hybridized carbons (Fsp3) is 0.143. The molecule has 1 heterocycles. The van der Waals surface area contributed by atoms with Gasteiger partial charge in [0, 0.05) is 35.2 Å². The van der Waals surface area contributed by atoms with E-state index in [1.165, 1.54) is 19.3 Å². The van der Waals surface area contributed by atoms with E-state index in [9.17, 15) is 9.59 Å². The van der Waals surface area contributed by atoms with Crippen LogP contribution in [0.2, 0.25) is 5.02 Å². The van der Waals surface area contributed by atoms with E-state index < -0.39 is 0 Å². The highest BCUT2D eigenvalue weighted by Gasteiger charge is 2.08. The summed E-state index contributed by atoms with van der Waals surface area (Å²) in [5, 5.41) is 6.58. The lowest BCUT2D eigenvalue weighted by atomic mass is 10.1. The molecular formula is C21H19ClN4O2. The Balaban J connectivity index is 1.53. The van der Waals surface area contributed by atoms with E-state index in [1.54, 1.807) is 24.3 Å². The number of ketones is 1. The molecule has 1 amide bonds. The van der Waals surface area contributed by atoms with Gasteiger partial charge in [-0.2, -0.15) is 0 Å². The molecule has 0 aliphatic carbocycles. The van der Waals surface area contributed by atoms with Crippen molar-refractivity contribution in [3.63, 3.8) is 0 Å². The molecule has 0 radical (unpaired) electrons. The van der Waals surface area contributed by atoms with Gasteiger partial charge in [-0.05, 0) is 55.3 Å². The molecular weight excluding hydrogens is 376 g/mol. The van der Waals surface area contributed by atoms with E-state index in [1.807, 2.05) is 24.3 Å². The molecule has 0 bridgehead atoms. The fourth-order valence-electron chi connectivity index (χ4n) is 2.54. The monoisotopic (exact) mass is 394 g/mol. The maximum Gasteiger partial charge on any atom is 0.258 e. The van der Waals surface area contributed by atoms with Crippen molar-refractivity contribution in [1.29, 1.82) is 0 Å². The van der Waals surface area contributed by atoms with Gasteiger partial charge < -0.3 is 10.6 Å². The van der Waals surface area contributed by atoms with Gasteiger partial charge >= 0.3 is 0 Å². The smallest absolute Gasteiger partial charge is 0.258 e. The lowest BCUT2D eigenvalue weighted by Gasteiger charge is -2.07. The van der Waals surface area contributed by atoms with Crippen LogP contribution in [0.5, 0.6) is 0 Å². The molecule has 28 heavy (non-hydrogen) atoms. The third-order valence-corrected chi connectivity index (χ3v) is 4.28. The molecule has 0 atom stereocenters. The van der Waals surface area contributed by atoms with Crippen molar-refractivity contribution in [2.24, 2.45) is 0 Å². The van der Waals surface area contributed by atoms with E-state index in [4.69, 9.17) is 11.6 Å². The third-order valence-electron chi connectivity index (χ3n) is 4.05. The average molecular weight is 395 g/mol. The second kappa shape index (κ2) is 9.10. The Bertz CT molecular complexity index is 972. The van der Waals surface area contributed by atoms with Crippen LogP contribution in [0.3, 0.4) is 0 Å². The molecule has 3 aromatic rings. The van der Waals surface area contributed by atoms with Crippen molar-refractivity contribution in [2.75, 3.05) is 17.2 Å². The summed E-state index contributed by atoms with van der Waals surface area (Å²) < 4.78 is 0. The Kier molecular flexibility index (Phi) is 6.34. The molecule has 0 saturated heterocycles. The van der Waals surface area contributed by atoms with Gasteiger partial charge in [0.2, 0.25) is 5.95 Å². The topological polar surface area (TPSA) is 84.0 Å². The number of Topliss-reactive ketones (excluding diaryl/α,β-unsaturated/α-hetero) is 1. The van der Waals surface area contributed by atoms with Crippen molar-refractivity contribution < 1.29 is 9.59 Å². The van der Waals surface area contributed by atoms with E-state index in [2.05, 4.69) is 20.6 Å². The zero-order valence-corrected chi connectivity index (χ0v) is 16.0. The first-order valence-electron chi connectivity index (χ1n) is 8.74. The number of benzene rings is 2. The van der Waals surface area contributed by atoms with Crippen LogP contribution in [0.4, 0.5) is 11.6 Å². The normalized spacial score (nSPS) is 10.4. The zero-order valence-electron chi connectivity index (χ0n) is 15.3. The summed E-state index contributed by atoms with van der Waals surface area (Å²) >= 11 is 5.97. The van der Waals surface area contributed by atoms with E-state index in [-0.39, 0.29) is 11.7 Å². The van der Waals surface area contributed by atoms with Crippen LogP contribution in [0.1, 0.15) is 33.2 Å². The first-order chi connectivity index (χ1) is 13.5. The number of halogens is 1. The van der Waals surface area contributed by atoms with Crippen LogP contribution in [-0.2, 0) is 6.42 Å². The van der Waals surface area contributed by atoms with Crippen molar-refractivity contribution >= 4 is 34.9 Å². The second-order valence-corrected chi connectivity index (χ2v) is 6.63. The Labute approximate surface area is 168 Å². The van der Waals surface area contributed by atoms with Gasteiger partial charge in [-0.15, -0.1) is 0 Å². The van der Waals surface area contributed by atoms with E-state index in [0.29, 0.717) is 34.3 Å². The molecule has 0 aliphatic rings. The number of hydrogen-bond acceptors (Lipinski definition) is 5. The van der Waals surface area contributed by atoms with Crippen LogP contribution in [0.15, 0.2) is 60.9 Å². The Morgan fingerprint density at radius 2 is 1.71 bits per heavy atom. The molecule has 2 N–H and O–H groups in total. The number of aromatic nitrogens is 2. The molecule has 3 rings (SSSR count). The van der Waals surface area contributed by atoms with Gasteiger partial charge in [0.15, 0.2) is 5.78 Å². The van der Waals surface area contributed by atoms with Crippen molar-refractivity contribution in [3.05, 3.63) is 82.6 Å². The lowest BCUT2D eigenvalue weighted by molar-refractivity contribution is 0.101. The fourth-order valence-corrected chi connectivity index (χ4v) is 2.75. The number of amides is 1. The molecule has 142 valence electrons. The average Bonchev–Trinajstić information content (AvgIpc) is 2.69. The molecule has 6 nitrogen and oxygen atoms in total. The maximum atomic E-state index is 12.3. The van der Waals surface area contributed by atoms with Gasteiger partial charge in [-0.25, -0.2) is 9.97 Å². The van der Waals surface area contributed by atoms with E-state index in [0.717, 1.165) is 12.0 Å². The summed E-state index contributed by atoms with van der Waals surface area (Å²) in [6, 6.07) is 14.4. The Morgan fingerprint density at radius 1 is 1.00 bits per heavy atom. The number of anilines is 2. The standard InChI is InChI=1S/C21H19ClN4O2/c1-14(27)16-5-7-19(8-6-16)26-20(28)17-12-24-21(25-13-17)23-10-9-15-3-2-4-18(22)11-15/h2-8,11-13H,9-10H2,1H3,(H,26,28)(H,23,24,25). The van der Waals surface area contributed by atoms with Crippen LogP contribution >= 0.6 is 11.6 Å². The number of hydrogen-bond donors (Lipinski definition) is 2. The highest BCUT2D eigenvalue weighted by atomic mass is 35.5. The van der Waals surface area contributed by atoms with Crippen LogP contribution in [-0.4, -0.2) is 28.2 Å². The van der Waals surface area contributed by atoms with Crippen molar-refractivity contribution in [3.8, 4) is 0 Å². The molecule has 0 unspecified atom stereocenters. The predicted molar refractivity (Wildman–Crippen MR) is 110 cm³/mol. The van der Waals surface area contributed by atoms with Crippen LogP contribution in [0, 0.1) is 0 Å². The van der Waals surface area contributed by atoms with Gasteiger partial charge in [-0.1, -0.05) is 23.7 Å². The van der Waals surface area contributed by atoms with Gasteiger partial charge in [0.25, 0.3) is 5.91 Å². The zero-order chi connectivity index (χ0) is 19.9. The summed E-state index contributed by atoms with van der Waals surface area (Å²) in [5.41, 5.74) is 2.65. The second-order valence-electron chi connectivity index (χ2n) is 6.19. The molecule has 0 aliphatic heterocycles. The largest absolute Gasteiger partial charge is 0.354 e. The summed E-state index contributed by atoms with van der Waals surface area (Å²) in [6.07, 6.45) is 3.71. The highest BCUT2D eigenvalue weighted by Crippen LogP contribution is 2.13. The van der Waals surface area contributed by atoms with E-state index >= 15 is 0 Å².